The molecule has 9 nitrogen and oxygen atoms in total. The Balaban J connectivity index is 2.29. The summed E-state index contributed by atoms with van der Waals surface area (Å²) in [6.07, 6.45) is 3.64. The second-order valence-electron chi connectivity index (χ2n) is 6.28. The summed E-state index contributed by atoms with van der Waals surface area (Å²) in [5.41, 5.74) is 2.34. The topological polar surface area (TPSA) is 98.5 Å². The first-order valence-corrected chi connectivity index (χ1v) is 11.1. The zero-order valence-electron chi connectivity index (χ0n) is 18.6. The van der Waals surface area contributed by atoms with Crippen molar-refractivity contribution in [2.45, 2.75) is 20.5 Å². The molecule has 2 aromatic carbocycles. The summed E-state index contributed by atoms with van der Waals surface area (Å²) in [5, 5.41) is 10.8. The molecule has 0 aromatic heterocycles. The molecule has 0 saturated heterocycles. The predicted molar refractivity (Wildman–Crippen MR) is 122 cm³/mol. The monoisotopic (exact) mass is 465 g/mol. The molecule has 0 bridgehead atoms. The molecule has 0 fully saturated rings. The Labute approximate surface area is 189 Å². The Morgan fingerprint density at radius 3 is 2.19 bits per heavy atom. The minimum Gasteiger partial charge on any atom is -0.496 e. The van der Waals surface area contributed by atoms with Gasteiger partial charge in [-0.25, -0.2) is 0 Å². The molecule has 0 aliphatic heterocycles. The van der Waals surface area contributed by atoms with E-state index < -0.39 is 13.5 Å². The summed E-state index contributed by atoms with van der Waals surface area (Å²) in [5.74, 6) is 1.12. The summed E-state index contributed by atoms with van der Waals surface area (Å²) < 4.78 is 33.1. The molecular weight excluding hydrogens is 437 g/mol. The molecule has 0 unspecified atom stereocenters. The lowest BCUT2D eigenvalue weighted by molar-refractivity contribution is -0.384. The van der Waals surface area contributed by atoms with Crippen LogP contribution in [-0.4, -0.2) is 39.1 Å². The van der Waals surface area contributed by atoms with Gasteiger partial charge in [0.05, 0.1) is 37.4 Å². The highest BCUT2D eigenvalue weighted by Gasteiger charge is 2.15. The fraction of sp³-hybridized carbons (Fsp3) is 0.364. The summed E-state index contributed by atoms with van der Waals surface area (Å²) >= 11 is 0. The Kier molecular flexibility index (Phi) is 11.1. The number of hydrogen-bond acceptors (Lipinski definition) is 8. The third-order valence-electron chi connectivity index (χ3n) is 4.07. The van der Waals surface area contributed by atoms with Crippen molar-refractivity contribution in [1.82, 2.24) is 0 Å². The van der Waals surface area contributed by atoms with Crippen LogP contribution in [-0.2, 0) is 24.9 Å². The number of nitrogens with zero attached hydrogens (tertiary/aromatic N) is 1. The average molecular weight is 465 g/mol. The Morgan fingerprint density at radius 1 is 0.969 bits per heavy atom. The minimum absolute atomic E-state index is 0.0345. The van der Waals surface area contributed by atoms with Crippen LogP contribution < -0.4 is 9.47 Å². The summed E-state index contributed by atoms with van der Waals surface area (Å²) in [6, 6.07) is 9.93. The molecule has 0 aliphatic rings. The molecule has 0 saturated carbocycles. The van der Waals surface area contributed by atoms with Crippen molar-refractivity contribution in [3.63, 3.8) is 0 Å². The van der Waals surface area contributed by atoms with Gasteiger partial charge in [0, 0.05) is 19.2 Å². The van der Waals surface area contributed by atoms with Crippen LogP contribution in [0.15, 0.2) is 36.4 Å². The fourth-order valence-corrected chi connectivity index (χ4v) is 3.55. The number of methoxy groups -OCH3 is 2. The maximum Gasteiger partial charge on any atom is 0.332 e. The lowest BCUT2D eigenvalue weighted by Gasteiger charge is -2.17. The van der Waals surface area contributed by atoms with Gasteiger partial charge in [-0.05, 0) is 55.3 Å². The molecule has 0 N–H and O–H groups in total. The van der Waals surface area contributed by atoms with E-state index >= 15 is 0 Å². The molecular formula is C22H28NO8P. The molecule has 0 aliphatic carbocycles. The van der Waals surface area contributed by atoms with Crippen LogP contribution in [0.4, 0.5) is 5.69 Å². The van der Waals surface area contributed by atoms with E-state index in [0.717, 1.165) is 11.1 Å². The van der Waals surface area contributed by atoms with E-state index in [0.29, 0.717) is 30.3 Å². The first kappa shape index (κ1) is 25.7. The van der Waals surface area contributed by atoms with E-state index in [9.17, 15) is 10.1 Å². The number of nitro benzene ring substituents is 1. The van der Waals surface area contributed by atoms with Gasteiger partial charge in [0.15, 0.2) is 6.79 Å². The second-order valence-corrected chi connectivity index (χ2v) is 7.50. The maximum absolute atomic E-state index is 10.8. The highest BCUT2D eigenvalue weighted by molar-refractivity contribution is 7.41. The molecule has 0 radical (unpaired) electrons. The number of benzene rings is 2. The molecule has 0 atom stereocenters. The van der Waals surface area contributed by atoms with Gasteiger partial charge in [-0.2, -0.15) is 0 Å². The predicted octanol–water partition coefficient (Wildman–Crippen LogP) is 5.57. The van der Waals surface area contributed by atoms with E-state index in [1.807, 2.05) is 38.1 Å². The van der Waals surface area contributed by atoms with Crippen LogP contribution in [0.1, 0.15) is 30.5 Å². The number of nitro groups is 1. The van der Waals surface area contributed by atoms with Gasteiger partial charge < -0.3 is 27.8 Å². The average Bonchev–Trinajstić information content (AvgIpc) is 2.80. The van der Waals surface area contributed by atoms with Gasteiger partial charge in [0.2, 0.25) is 0 Å². The number of ether oxygens (including phenoxy) is 3. The summed E-state index contributed by atoms with van der Waals surface area (Å²) in [4.78, 5) is 10.4. The van der Waals surface area contributed by atoms with Crippen molar-refractivity contribution >= 4 is 26.4 Å². The van der Waals surface area contributed by atoms with Crippen molar-refractivity contribution in [2.24, 2.45) is 0 Å². The molecule has 2 aromatic rings. The van der Waals surface area contributed by atoms with Gasteiger partial charge in [-0.3, -0.25) is 10.1 Å². The largest absolute Gasteiger partial charge is 0.496 e. The van der Waals surface area contributed by atoms with Crippen LogP contribution in [0, 0.1) is 10.1 Å². The highest BCUT2D eigenvalue weighted by Crippen LogP contribution is 2.41. The minimum atomic E-state index is -1.44. The number of rotatable bonds is 14. The van der Waals surface area contributed by atoms with Crippen molar-refractivity contribution in [3.8, 4) is 11.5 Å². The Hall–Kier alpha value is -2.55. The van der Waals surface area contributed by atoms with Crippen molar-refractivity contribution in [3.05, 3.63) is 63.2 Å². The second kappa shape index (κ2) is 13.8. The van der Waals surface area contributed by atoms with Crippen LogP contribution >= 0.6 is 8.60 Å². The van der Waals surface area contributed by atoms with Gasteiger partial charge in [0.1, 0.15) is 11.5 Å². The first-order chi connectivity index (χ1) is 15.5. The van der Waals surface area contributed by atoms with E-state index in [1.165, 1.54) is 19.2 Å². The first-order valence-electron chi connectivity index (χ1n) is 9.96. The van der Waals surface area contributed by atoms with Crippen LogP contribution in [0.25, 0.3) is 12.2 Å². The molecule has 174 valence electrons. The van der Waals surface area contributed by atoms with E-state index in [4.69, 9.17) is 27.8 Å². The SMILES string of the molecule is CCOP(OCC)OCc1cc(OC)c(/C=C/c2ccc([N+](=O)[O-])cc2)c(OCOC)c1. The van der Waals surface area contributed by atoms with Gasteiger partial charge >= 0.3 is 8.60 Å². The summed E-state index contributed by atoms with van der Waals surface area (Å²) in [7, 11) is 1.66. The Morgan fingerprint density at radius 2 is 1.62 bits per heavy atom. The lowest BCUT2D eigenvalue weighted by atomic mass is 10.1. The highest BCUT2D eigenvalue weighted by atomic mass is 31.2. The van der Waals surface area contributed by atoms with Gasteiger partial charge in [-0.15, -0.1) is 0 Å². The number of hydrogen-bond donors (Lipinski definition) is 0. The number of non-ortho nitro benzene ring substituents is 1. The van der Waals surface area contributed by atoms with Gasteiger partial charge in [0.25, 0.3) is 5.69 Å². The van der Waals surface area contributed by atoms with Crippen LogP contribution in [0.2, 0.25) is 0 Å². The third-order valence-corrected chi connectivity index (χ3v) is 5.35. The maximum atomic E-state index is 10.8. The lowest BCUT2D eigenvalue weighted by Crippen LogP contribution is -2.03. The smallest absolute Gasteiger partial charge is 0.332 e. The molecule has 32 heavy (non-hydrogen) atoms. The molecule has 0 spiro atoms. The van der Waals surface area contributed by atoms with Crippen molar-refractivity contribution < 1.29 is 32.7 Å². The molecule has 0 heterocycles. The molecule has 0 amide bonds. The van der Waals surface area contributed by atoms with Crippen LogP contribution in [0.5, 0.6) is 11.5 Å². The van der Waals surface area contributed by atoms with E-state index in [1.54, 1.807) is 19.2 Å². The third kappa shape index (κ3) is 7.85. The zero-order chi connectivity index (χ0) is 23.3. The van der Waals surface area contributed by atoms with Gasteiger partial charge in [-0.1, -0.05) is 6.08 Å². The molecule has 2 rings (SSSR count). The fourth-order valence-electron chi connectivity index (χ4n) is 2.65. The van der Waals surface area contributed by atoms with Crippen molar-refractivity contribution in [2.75, 3.05) is 34.2 Å². The quantitative estimate of drug-likeness (QED) is 0.117. The van der Waals surface area contributed by atoms with Crippen LogP contribution in [0.3, 0.4) is 0 Å². The standard InChI is InChI=1S/C22H28NO8P/c1-5-29-32(30-6-2)31-15-18-13-21(27-4)20(22(14-18)28-16-26-3)12-9-17-7-10-19(11-8-17)23(24)25/h7-14H,5-6,15-16H2,1-4H3/b12-9+. The zero-order valence-corrected chi connectivity index (χ0v) is 19.5. The van der Waals surface area contributed by atoms with E-state index in [2.05, 4.69) is 0 Å². The molecule has 10 heteroatoms. The normalized spacial score (nSPS) is 11.3. The summed E-state index contributed by atoms with van der Waals surface area (Å²) in [6.45, 7) is 5.04. The van der Waals surface area contributed by atoms with E-state index in [-0.39, 0.29) is 19.1 Å². The Bertz CT molecular complexity index is 882. The van der Waals surface area contributed by atoms with Crippen molar-refractivity contribution in [1.29, 1.82) is 0 Å².